The highest BCUT2D eigenvalue weighted by atomic mass is 79.9. The second kappa shape index (κ2) is 9.92. The Morgan fingerprint density at radius 1 is 1.33 bits per heavy atom. The predicted octanol–water partition coefficient (Wildman–Crippen LogP) is 1.53. The van der Waals surface area contributed by atoms with Crippen LogP contribution in [-0.2, 0) is 6.54 Å². The van der Waals surface area contributed by atoms with Gasteiger partial charge in [-0.3, -0.25) is 4.79 Å². The highest BCUT2D eigenvalue weighted by molar-refractivity contribution is 9.10. The molecule has 0 aliphatic heterocycles. The Labute approximate surface area is 134 Å². The summed E-state index contributed by atoms with van der Waals surface area (Å²) >= 11 is 3.35. The molecule has 0 amide bonds. The molecule has 1 heterocycles. The van der Waals surface area contributed by atoms with Crippen LogP contribution in [-0.4, -0.2) is 53.6 Å². The monoisotopic (exact) mass is 360 g/mol. The summed E-state index contributed by atoms with van der Waals surface area (Å²) in [5, 5.41) is 16.1. The van der Waals surface area contributed by atoms with E-state index < -0.39 is 0 Å². The van der Waals surface area contributed by atoms with Crippen LogP contribution < -0.4 is 10.9 Å². The molecule has 1 aromatic rings. The highest BCUT2D eigenvalue weighted by Gasteiger charge is 2.08. The smallest absolute Gasteiger partial charge is 0.283 e. The predicted molar refractivity (Wildman–Crippen MR) is 88.8 cm³/mol. The van der Waals surface area contributed by atoms with E-state index in [1.54, 1.807) is 6.20 Å². The molecule has 0 radical (unpaired) electrons. The zero-order chi connectivity index (χ0) is 15.7. The van der Waals surface area contributed by atoms with Gasteiger partial charge in [0.05, 0.1) is 18.4 Å². The Hall–Kier alpha value is -0.920. The summed E-state index contributed by atoms with van der Waals surface area (Å²) in [6, 6.07) is 0. The maximum Gasteiger partial charge on any atom is 0.283 e. The fourth-order valence-corrected chi connectivity index (χ4v) is 2.30. The summed E-state index contributed by atoms with van der Waals surface area (Å²) in [4.78, 5) is 14.2. The van der Waals surface area contributed by atoms with E-state index in [4.69, 9.17) is 5.11 Å². The van der Waals surface area contributed by atoms with Crippen LogP contribution in [0.1, 0.15) is 25.7 Å². The largest absolute Gasteiger partial charge is 0.396 e. The molecule has 21 heavy (non-hydrogen) atoms. The van der Waals surface area contributed by atoms with Gasteiger partial charge < -0.3 is 15.3 Å². The van der Waals surface area contributed by atoms with Gasteiger partial charge in [-0.05, 0) is 42.9 Å². The van der Waals surface area contributed by atoms with Gasteiger partial charge in [-0.15, -0.1) is 0 Å². The van der Waals surface area contributed by atoms with Crippen LogP contribution >= 0.6 is 15.9 Å². The number of aliphatic hydroxyl groups excluding tert-OH is 1. The standard InChI is InChI=1S/C14H25BrN4O2/c1-18(2)8-9-19-14(21)13(15)12(11-17-19)16-7-5-3-4-6-10-20/h11,16,20H,3-10H2,1-2H3. The molecule has 0 atom stereocenters. The molecule has 7 heteroatoms. The number of unbranched alkanes of at least 4 members (excludes halogenated alkanes) is 3. The van der Waals surface area contributed by atoms with Gasteiger partial charge in [0.1, 0.15) is 4.47 Å². The third-order valence-electron chi connectivity index (χ3n) is 3.14. The molecule has 0 fully saturated rings. The molecular formula is C14H25BrN4O2. The lowest BCUT2D eigenvalue weighted by molar-refractivity contribution is 0.283. The van der Waals surface area contributed by atoms with Crippen LogP contribution in [0.4, 0.5) is 5.69 Å². The minimum atomic E-state index is -0.109. The molecule has 120 valence electrons. The summed E-state index contributed by atoms with van der Waals surface area (Å²) in [6.07, 6.45) is 5.65. The lowest BCUT2D eigenvalue weighted by atomic mass is 10.2. The van der Waals surface area contributed by atoms with Gasteiger partial charge in [-0.25, -0.2) is 4.68 Å². The van der Waals surface area contributed by atoms with Crippen molar-refractivity contribution >= 4 is 21.6 Å². The topological polar surface area (TPSA) is 70.4 Å². The van der Waals surface area contributed by atoms with E-state index in [2.05, 4.69) is 26.3 Å². The fraction of sp³-hybridized carbons (Fsp3) is 0.714. The van der Waals surface area contributed by atoms with E-state index >= 15 is 0 Å². The molecule has 0 saturated carbocycles. The minimum Gasteiger partial charge on any atom is -0.396 e. The van der Waals surface area contributed by atoms with Crippen LogP contribution in [0.3, 0.4) is 0 Å². The number of anilines is 1. The lowest BCUT2D eigenvalue weighted by Crippen LogP contribution is -2.29. The highest BCUT2D eigenvalue weighted by Crippen LogP contribution is 2.16. The van der Waals surface area contributed by atoms with Crippen molar-refractivity contribution in [3.05, 3.63) is 21.0 Å². The molecule has 1 aromatic heterocycles. The molecule has 2 N–H and O–H groups in total. The molecule has 0 aliphatic carbocycles. The summed E-state index contributed by atoms with van der Waals surface area (Å²) in [5.41, 5.74) is 0.630. The summed E-state index contributed by atoms with van der Waals surface area (Å²) in [7, 11) is 3.93. The third-order valence-corrected chi connectivity index (χ3v) is 3.91. The van der Waals surface area contributed by atoms with E-state index in [9.17, 15) is 4.79 Å². The van der Waals surface area contributed by atoms with Crippen molar-refractivity contribution in [1.82, 2.24) is 14.7 Å². The van der Waals surface area contributed by atoms with Crippen molar-refractivity contribution in [2.75, 3.05) is 39.1 Å². The van der Waals surface area contributed by atoms with Crippen LogP contribution in [0.15, 0.2) is 15.5 Å². The van der Waals surface area contributed by atoms with Crippen LogP contribution in [0.25, 0.3) is 0 Å². The average molecular weight is 361 g/mol. The Kier molecular flexibility index (Phi) is 8.56. The van der Waals surface area contributed by atoms with Gasteiger partial charge >= 0.3 is 0 Å². The maximum absolute atomic E-state index is 12.1. The number of halogens is 1. The van der Waals surface area contributed by atoms with Gasteiger partial charge in [-0.1, -0.05) is 12.8 Å². The van der Waals surface area contributed by atoms with Crippen molar-refractivity contribution < 1.29 is 5.11 Å². The second-order valence-electron chi connectivity index (χ2n) is 5.27. The first-order valence-electron chi connectivity index (χ1n) is 7.31. The third kappa shape index (κ3) is 6.58. The number of aromatic nitrogens is 2. The van der Waals surface area contributed by atoms with Gasteiger partial charge in [-0.2, -0.15) is 5.10 Å². The molecule has 0 aromatic carbocycles. The maximum atomic E-state index is 12.1. The van der Waals surface area contributed by atoms with E-state index in [0.717, 1.165) is 44.5 Å². The van der Waals surface area contributed by atoms with Crippen molar-refractivity contribution in [3.8, 4) is 0 Å². The van der Waals surface area contributed by atoms with Gasteiger partial charge in [0, 0.05) is 19.7 Å². The Bertz CT molecular complexity index is 477. The molecule has 6 nitrogen and oxygen atoms in total. The van der Waals surface area contributed by atoms with Crippen LogP contribution in [0.5, 0.6) is 0 Å². The molecule has 0 bridgehead atoms. The zero-order valence-electron chi connectivity index (χ0n) is 12.8. The molecule has 0 aliphatic rings. The van der Waals surface area contributed by atoms with Gasteiger partial charge in [0.25, 0.3) is 5.56 Å². The first-order valence-corrected chi connectivity index (χ1v) is 8.10. The van der Waals surface area contributed by atoms with Gasteiger partial charge in [0.2, 0.25) is 0 Å². The Morgan fingerprint density at radius 3 is 2.71 bits per heavy atom. The molecule has 0 spiro atoms. The van der Waals surface area contributed by atoms with Crippen molar-refractivity contribution in [1.29, 1.82) is 0 Å². The molecule has 0 unspecified atom stereocenters. The fourth-order valence-electron chi connectivity index (χ4n) is 1.86. The SMILES string of the molecule is CN(C)CCn1ncc(NCCCCCCO)c(Br)c1=O. The van der Waals surface area contributed by atoms with Gasteiger partial charge in [0.15, 0.2) is 0 Å². The number of hydrogen-bond acceptors (Lipinski definition) is 5. The molecule has 0 saturated heterocycles. The van der Waals surface area contributed by atoms with E-state index in [1.165, 1.54) is 4.68 Å². The number of hydrogen-bond donors (Lipinski definition) is 2. The normalized spacial score (nSPS) is 11.1. The summed E-state index contributed by atoms with van der Waals surface area (Å²) in [5.74, 6) is 0. The Balaban J connectivity index is 2.49. The number of likely N-dealkylation sites (N-methyl/N-ethyl adjacent to an activating group) is 1. The minimum absolute atomic E-state index is 0.109. The van der Waals surface area contributed by atoms with Crippen molar-refractivity contribution in [2.45, 2.75) is 32.2 Å². The Morgan fingerprint density at radius 2 is 2.05 bits per heavy atom. The van der Waals surface area contributed by atoms with Crippen molar-refractivity contribution in [3.63, 3.8) is 0 Å². The van der Waals surface area contributed by atoms with Crippen LogP contribution in [0.2, 0.25) is 0 Å². The number of aliphatic hydroxyl groups is 1. The number of nitrogens with zero attached hydrogens (tertiary/aromatic N) is 3. The molecule has 1 rings (SSSR count). The van der Waals surface area contributed by atoms with E-state index in [1.807, 2.05) is 19.0 Å². The van der Waals surface area contributed by atoms with Crippen LogP contribution in [0, 0.1) is 0 Å². The average Bonchev–Trinajstić information content (AvgIpc) is 2.45. The zero-order valence-corrected chi connectivity index (χ0v) is 14.4. The summed E-state index contributed by atoms with van der Waals surface area (Å²) in [6.45, 7) is 2.41. The lowest BCUT2D eigenvalue weighted by Gasteiger charge is -2.12. The molecular weight excluding hydrogens is 336 g/mol. The second-order valence-corrected chi connectivity index (χ2v) is 6.06. The first kappa shape index (κ1) is 18.1. The number of rotatable bonds is 10. The van der Waals surface area contributed by atoms with E-state index in [-0.39, 0.29) is 12.2 Å². The van der Waals surface area contributed by atoms with Crippen molar-refractivity contribution in [2.24, 2.45) is 0 Å². The first-order chi connectivity index (χ1) is 10.1. The quantitative estimate of drug-likeness (QED) is 0.619. The summed E-state index contributed by atoms with van der Waals surface area (Å²) < 4.78 is 2.00. The van der Waals surface area contributed by atoms with E-state index in [0.29, 0.717) is 11.0 Å². The number of nitrogens with one attached hydrogen (secondary N) is 1.